The Balaban J connectivity index is 1.74. The topological polar surface area (TPSA) is 96.0 Å². The van der Waals surface area contributed by atoms with Gasteiger partial charge in [0.1, 0.15) is 18.0 Å². The fraction of sp³-hybridized carbons (Fsp3) is 0.118. The lowest BCUT2D eigenvalue weighted by molar-refractivity contribution is 0.0404. The van der Waals surface area contributed by atoms with Crippen LogP contribution in [0.25, 0.3) is 11.0 Å². The van der Waals surface area contributed by atoms with Crippen molar-refractivity contribution in [1.29, 1.82) is 0 Å². The van der Waals surface area contributed by atoms with Crippen molar-refractivity contribution in [3.63, 3.8) is 0 Å². The van der Waals surface area contributed by atoms with Crippen LogP contribution in [0.3, 0.4) is 0 Å². The number of esters is 2. The van der Waals surface area contributed by atoms with Crippen LogP contribution in [0, 0.1) is 0 Å². The van der Waals surface area contributed by atoms with Crippen molar-refractivity contribution in [2.24, 2.45) is 0 Å². The lowest BCUT2D eigenvalue weighted by atomic mass is 10.2. The molecule has 0 aliphatic rings. The normalized spacial score (nSPS) is 10.5. The van der Waals surface area contributed by atoms with E-state index in [-0.39, 0.29) is 29.3 Å². The average molecular weight is 328 g/mol. The SMILES string of the molecule is COC(=O)c1ccc(COC(=O)c2cc(=O)c3ccccc3o2)o1. The molecular formula is C17H12O7. The number of ether oxygens (including phenoxy) is 2. The maximum atomic E-state index is 12.0. The second kappa shape index (κ2) is 6.41. The monoisotopic (exact) mass is 328 g/mol. The molecule has 1 aromatic carbocycles. The van der Waals surface area contributed by atoms with Gasteiger partial charge in [0.15, 0.2) is 5.43 Å². The Kier molecular flexibility index (Phi) is 4.15. The second-order valence-electron chi connectivity index (χ2n) is 4.80. The maximum Gasteiger partial charge on any atom is 0.374 e. The Labute approximate surface area is 135 Å². The molecule has 0 radical (unpaired) electrons. The van der Waals surface area contributed by atoms with Crippen molar-refractivity contribution in [2.45, 2.75) is 6.61 Å². The summed E-state index contributed by atoms with van der Waals surface area (Å²) in [5, 5.41) is 0.378. The summed E-state index contributed by atoms with van der Waals surface area (Å²) < 4.78 is 20.1. The Hall–Kier alpha value is -3.35. The zero-order valence-corrected chi connectivity index (χ0v) is 12.6. The largest absolute Gasteiger partial charge is 0.463 e. The summed E-state index contributed by atoms with van der Waals surface area (Å²) in [6.45, 7) is -0.216. The third-order valence-corrected chi connectivity index (χ3v) is 3.23. The van der Waals surface area contributed by atoms with Crippen LogP contribution < -0.4 is 5.43 Å². The molecule has 0 unspecified atom stereocenters. The number of hydrogen-bond acceptors (Lipinski definition) is 7. The Morgan fingerprint density at radius 2 is 1.79 bits per heavy atom. The molecule has 3 aromatic rings. The van der Waals surface area contributed by atoms with E-state index in [0.717, 1.165) is 6.07 Å². The van der Waals surface area contributed by atoms with Crippen molar-refractivity contribution in [2.75, 3.05) is 7.11 Å². The molecule has 0 bridgehead atoms. The zero-order chi connectivity index (χ0) is 17.1. The number of benzene rings is 1. The van der Waals surface area contributed by atoms with Crippen molar-refractivity contribution in [3.8, 4) is 0 Å². The summed E-state index contributed by atoms with van der Waals surface area (Å²) in [6, 6.07) is 10.6. The van der Waals surface area contributed by atoms with Crippen LogP contribution in [0.5, 0.6) is 0 Å². The quantitative estimate of drug-likeness (QED) is 0.679. The van der Waals surface area contributed by atoms with E-state index in [4.69, 9.17) is 13.6 Å². The van der Waals surface area contributed by atoms with Gasteiger partial charge in [0.2, 0.25) is 11.5 Å². The highest BCUT2D eigenvalue weighted by molar-refractivity contribution is 5.89. The number of fused-ring (bicyclic) bond motifs is 1. The molecule has 0 atom stereocenters. The number of furan rings is 1. The van der Waals surface area contributed by atoms with E-state index < -0.39 is 11.9 Å². The number of para-hydroxylation sites is 1. The maximum absolute atomic E-state index is 12.0. The number of rotatable bonds is 4. The van der Waals surface area contributed by atoms with Crippen LogP contribution >= 0.6 is 0 Å². The Bertz CT molecular complexity index is 964. The Morgan fingerprint density at radius 3 is 2.58 bits per heavy atom. The van der Waals surface area contributed by atoms with E-state index in [1.807, 2.05) is 0 Å². The highest BCUT2D eigenvalue weighted by Gasteiger charge is 2.16. The molecule has 0 amide bonds. The summed E-state index contributed by atoms with van der Waals surface area (Å²) in [7, 11) is 1.23. The third-order valence-electron chi connectivity index (χ3n) is 3.23. The minimum Gasteiger partial charge on any atom is -0.463 e. The van der Waals surface area contributed by atoms with Gasteiger partial charge < -0.3 is 18.3 Å². The molecule has 3 rings (SSSR count). The van der Waals surface area contributed by atoms with Crippen molar-refractivity contribution in [3.05, 3.63) is 70.0 Å². The zero-order valence-electron chi connectivity index (χ0n) is 12.6. The van der Waals surface area contributed by atoms with E-state index in [9.17, 15) is 14.4 Å². The summed E-state index contributed by atoms with van der Waals surface area (Å²) in [5.74, 6) is -1.40. The lowest BCUT2D eigenvalue weighted by Crippen LogP contribution is -2.10. The molecule has 24 heavy (non-hydrogen) atoms. The highest BCUT2D eigenvalue weighted by Crippen LogP contribution is 2.14. The average Bonchev–Trinajstić information content (AvgIpc) is 3.08. The van der Waals surface area contributed by atoms with Gasteiger partial charge in [-0.15, -0.1) is 0 Å². The summed E-state index contributed by atoms with van der Waals surface area (Å²) in [4.78, 5) is 35.2. The highest BCUT2D eigenvalue weighted by atomic mass is 16.6. The molecule has 0 spiro atoms. The van der Waals surface area contributed by atoms with Crippen molar-refractivity contribution in [1.82, 2.24) is 0 Å². The van der Waals surface area contributed by atoms with Gasteiger partial charge in [0.05, 0.1) is 12.5 Å². The number of carbonyl (C=O) groups excluding carboxylic acids is 2. The fourth-order valence-corrected chi connectivity index (χ4v) is 2.08. The van der Waals surface area contributed by atoms with Crippen molar-refractivity contribution >= 4 is 22.9 Å². The summed E-state index contributed by atoms with van der Waals surface area (Å²) >= 11 is 0. The fourth-order valence-electron chi connectivity index (χ4n) is 2.08. The van der Waals surface area contributed by atoms with E-state index in [1.54, 1.807) is 24.3 Å². The predicted octanol–water partition coefficient (Wildman–Crippen LogP) is 2.53. The minimum atomic E-state index is -0.811. The van der Waals surface area contributed by atoms with Gasteiger partial charge in [-0.2, -0.15) is 0 Å². The molecule has 7 heteroatoms. The molecule has 0 saturated heterocycles. The van der Waals surface area contributed by atoms with Crippen LogP contribution in [-0.2, 0) is 16.1 Å². The van der Waals surface area contributed by atoms with E-state index in [2.05, 4.69) is 4.74 Å². The van der Waals surface area contributed by atoms with Gasteiger partial charge in [-0.1, -0.05) is 12.1 Å². The number of hydrogen-bond donors (Lipinski definition) is 0. The van der Waals surface area contributed by atoms with Crippen LogP contribution in [-0.4, -0.2) is 19.0 Å². The van der Waals surface area contributed by atoms with Crippen LogP contribution in [0.4, 0.5) is 0 Å². The molecule has 0 saturated carbocycles. The summed E-state index contributed by atoms with van der Waals surface area (Å²) in [6.07, 6.45) is 0. The molecule has 0 N–H and O–H groups in total. The molecule has 2 aromatic heterocycles. The minimum absolute atomic E-state index is 0.000728. The smallest absolute Gasteiger partial charge is 0.374 e. The van der Waals surface area contributed by atoms with Crippen LogP contribution in [0.1, 0.15) is 26.9 Å². The lowest BCUT2D eigenvalue weighted by Gasteiger charge is -2.03. The second-order valence-corrected chi connectivity index (χ2v) is 4.80. The number of carbonyl (C=O) groups is 2. The van der Waals surface area contributed by atoms with Gasteiger partial charge in [-0.05, 0) is 24.3 Å². The molecular weight excluding hydrogens is 316 g/mol. The first kappa shape index (κ1) is 15.5. The van der Waals surface area contributed by atoms with E-state index in [1.165, 1.54) is 19.2 Å². The van der Waals surface area contributed by atoms with Crippen LogP contribution in [0.15, 0.2) is 56.1 Å². The summed E-state index contributed by atoms with van der Waals surface area (Å²) in [5.41, 5.74) is -0.0438. The van der Waals surface area contributed by atoms with Gasteiger partial charge >= 0.3 is 11.9 Å². The standard InChI is InChI=1S/C17H12O7/c1-21-16(19)14-7-6-10(23-14)9-22-17(20)15-8-12(18)11-4-2-3-5-13(11)24-15/h2-8H,9H2,1H3. The van der Waals surface area contributed by atoms with E-state index in [0.29, 0.717) is 11.0 Å². The molecule has 122 valence electrons. The predicted molar refractivity (Wildman–Crippen MR) is 81.7 cm³/mol. The van der Waals surface area contributed by atoms with Gasteiger partial charge in [0.25, 0.3) is 0 Å². The van der Waals surface area contributed by atoms with Gasteiger partial charge in [-0.25, -0.2) is 9.59 Å². The molecule has 0 aliphatic carbocycles. The molecule has 7 nitrogen and oxygen atoms in total. The third kappa shape index (κ3) is 3.05. The first-order valence-electron chi connectivity index (χ1n) is 6.95. The first-order valence-corrected chi connectivity index (χ1v) is 6.95. The molecule has 2 heterocycles. The first-order chi connectivity index (χ1) is 11.6. The van der Waals surface area contributed by atoms with Crippen molar-refractivity contribution < 1.29 is 27.9 Å². The van der Waals surface area contributed by atoms with Gasteiger partial charge in [0, 0.05) is 6.07 Å². The number of methoxy groups -OCH3 is 1. The van der Waals surface area contributed by atoms with E-state index >= 15 is 0 Å². The van der Waals surface area contributed by atoms with Crippen LogP contribution in [0.2, 0.25) is 0 Å². The molecule has 0 fully saturated rings. The Morgan fingerprint density at radius 1 is 1.00 bits per heavy atom. The molecule has 0 aliphatic heterocycles. The van der Waals surface area contributed by atoms with Gasteiger partial charge in [-0.3, -0.25) is 4.79 Å².